The first-order chi connectivity index (χ1) is 13.7. The maximum atomic E-state index is 13.1. The highest BCUT2D eigenvalue weighted by atomic mass is 32.2. The minimum Gasteiger partial charge on any atom is -0.339 e. The van der Waals surface area contributed by atoms with E-state index < -0.39 is 15.4 Å². The van der Waals surface area contributed by atoms with Gasteiger partial charge in [-0.05, 0) is 51.7 Å². The van der Waals surface area contributed by atoms with E-state index in [2.05, 4.69) is 19.8 Å². The lowest BCUT2D eigenvalue weighted by atomic mass is 9.80. The van der Waals surface area contributed by atoms with Crippen LogP contribution in [0.4, 0.5) is 0 Å². The summed E-state index contributed by atoms with van der Waals surface area (Å²) in [5.41, 5.74) is 0.637. The topological polar surface area (TPSA) is 118 Å². The summed E-state index contributed by atoms with van der Waals surface area (Å²) in [7, 11) is -3.32. The van der Waals surface area contributed by atoms with Gasteiger partial charge in [0, 0.05) is 24.8 Å². The molecule has 3 heterocycles. The number of likely N-dealkylation sites (tertiary alicyclic amines) is 1. The molecule has 2 fully saturated rings. The number of nitrogens with zero attached hydrogens (tertiary/aromatic N) is 4. The van der Waals surface area contributed by atoms with Gasteiger partial charge in [0.25, 0.3) is 5.91 Å². The third-order valence-corrected chi connectivity index (χ3v) is 7.40. The number of hydrogen-bond acceptors (Lipinski definition) is 7. The molecule has 1 unspecified atom stereocenters. The van der Waals surface area contributed by atoms with Crippen LogP contribution in [-0.2, 0) is 15.4 Å². The van der Waals surface area contributed by atoms with Crippen molar-refractivity contribution in [2.75, 3.05) is 18.8 Å². The molecule has 2 aromatic rings. The van der Waals surface area contributed by atoms with E-state index >= 15 is 0 Å². The van der Waals surface area contributed by atoms with Crippen molar-refractivity contribution >= 4 is 15.9 Å². The molecule has 1 saturated heterocycles. The van der Waals surface area contributed by atoms with Crippen molar-refractivity contribution in [3.05, 3.63) is 41.3 Å². The van der Waals surface area contributed by atoms with Crippen molar-refractivity contribution in [1.82, 2.24) is 24.7 Å². The van der Waals surface area contributed by atoms with E-state index in [4.69, 9.17) is 4.52 Å². The second-order valence-electron chi connectivity index (χ2n) is 8.01. The molecule has 0 spiro atoms. The lowest BCUT2D eigenvalue weighted by Crippen LogP contribution is -2.40. The molecule has 1 saturated carbocycles. The van der Waals surface area contributed by atoms with Crippen LogP contribution in [0, 0.1) is 19.8 Å². The highest BCUT2D eigenvalue weighted by molar-refractivity contribution is 7.89. The molecule has 9 nitrogen and oxygen atoms in total. The minimum absolute atomic E-state index is 0.0284. The zero-order chi connectivity index (χ0) is 20.8. The van der Waals surface area contributed by atoms with Gasteiger partial charge in [0.05, 0.1) is 11.2 Å². The van der Waals surface area contributed by atoms with Gasteiger partial charge in [0.15, 0.2) is 5.82 Å². The Morgan fingerprint density at radius 3 is 2.79 bits per heavy atom. The van der Waals surface area contributed by atoms with E-state index in [1.54, 1.807) is 24.8 Å². The van der Waals surface area contributed by atoms with Crippen LogP contribution < -0.4 is 4.72 Å². The molecule has 3 atom stereocenters. The fourth-order valence-electron chi connectivity index (χ4n) is 4.61. The zero-order valence-corrected chi connectivity index (χ0v) is 17.6. The van der Waals surface area contributed by atoms with Crippen molar-refractivity contribution < 1.29 is 17.7 Å². The summed E-state index contributed by atoms with van der Waals surface area (Å²) >= 11 is 0. The Morgan fingerprint density at radius 2 is 2.14 bits per heavy atom. The Morgan fingerprint density at radius 1 is 1.34 bits per heavy atom. The number of amides is 1. The number of fused-ring (bicyclic) bond motifs is 1. The fourth-order valence-corrected chi connectivity index (χ4v) is 5.46. The second kappa shape index (κ2) is 7.17. The average molecular weight is 420 g/mol. The summed E-state index contributed by atoms with van der Waals surface area (Å²) in [5, 5.41) is 3.93. The SMILES string of the molecule is CCS(=O)(=O)N[C@@H]1CC2CN(C(=O)c3cccc(C)n3)C[C@@]2(c2nc(C)no2)C1. The molecule has 1 amide bonds. The number of rotatable bonds is 5. The monoisotopic (exact) mass is 419 g/mol. The Bertz CT molecular complexity index is 1040. The number of carbonyl (C=O) groups is 1. The van der Waals surface area contributed by atoms with Gasteiger partial charge in [-0.25, -0.2) is 18.1 Å². The lowest BCUT2D eigenvalue weighted by Gasteiger charge is -2.25. The number of nitrogens with one attached hydrogen (secondary N) is 1. The van der Waals surface area contributed by atoms with Gasteiger partial charge in [-0.3, -0.25) is 4.79 Å². The van der Waals surface area contributed by atoms with Crippen molar-refractivity contribution in [3.8, 4) is 0 Å². The van der Waals surface area contributed by atoms with E-state index in [9.17, 15) is 13.2 Å². The van der Waals surface area contributed by atoms with Gasteiger partial charge >= 0.3 is 0 Å². The van der Waals surface area contributed by atoms with Crippen LogP contribution in [0.3, 0.4) is 0 Å². The molecular formula is C19H25N5O4S. The Balaban J connectivity index is 1.62. The number of aryl methyl sites for hydroxylation is 2. The molecule has 0 bridgehead atoms. The summed E-state index contributed by atoms with van der Waals surface area (Å²) < 4.78 is 32.5. The predicted molar refractivity (Wildman–Crippen MR) is 105 cm³/mol. The van der Waals surface area contributed by atoms with Crippen molar-refractivity contribution in [3.63, 3.8) is 0 Å². The molecule has 1 aliphatic carbocycles. The molecule has 4 rings (SSSR count). The van der Waals surface area contributed by atoms with Crippen LogP contribution in [0.1, 0.15) is 47.7 Å². The Labute approximate surface area is 169 Å². The maximum absolute atomic E-state index is 13.1. The van der Waals surface area contributed by atoms with Gasteiger partial charge in [-0.15, -0.1) is 0 Å². The minimum atomic E-state index is -3.32. The molecule has 1 aliphatic heterocycles. The first-order valence-electron chi connectivity index (χ1n) is 9.76. The molecule has 29 heavy (non-hydrogen) atoms. The van der Waals surface area contributed by atoms with Crippen LogP contribution in [0.25, 0.3) is 0 Å². The highest BCUT2D eigenvalue weighted by Gasteiger charge is 2.58. The molecule has 2 aromatic heterocycles. The molecule has 0 aromatic carbocycles. The average Bonchev–Trinajstić information content (AvgIpc) is 3.33. The normalized spacial score (nSPS) is 26.7. The second-order valence-corrected chi connectivity index (χ2v) is 10.1. The van der Waals surface area contributed by atoms with Crippen LogP contribution in [0.5, 0.6) is 0 Å². The van der Waals surface area contributed by atoms with Crippen molar-refractivity contribution in [1.29, 1.82) is 0 Å². The van der Waals surface area contributed by atoms with E-state index in [1.807, 2.05) is 19.1 Å². The van der Waals surface area contributed by atoms with E-state index in [1.165, 1.54) is 0 Å². The van der Waals surface area contributed by atoms with Crippen LogP contribution in [0.2, 0.25) is 0 Å². The molecule has 10 heteroatoms. The molecule has 0 radical (unpaired) electrons. The molecule has 2 aliphatic rings. The smallest absolute Gasteiger partial charge is 0.272 e. The first-order valence-corrected chi connectivity index (χ1v) is 11.4. The Hall–Kier alpha value is -2.33. The van der Waals surface area contributed by atoms with Gasteiger partial charge in [0.1, 0.15) is 5.69 Å². The highest BCUT2D eigenvalue weighted by Crippen LogP contribution is 2.50. The van der Waals surface area contributed by atoms with Crippen molar-refractivity contribution in [2.24, 2.45) is 5.92 Å². The van der Waals surface area contributed by atoms with Crippen molar-refractivity contribution in [2.45, 2.75) is 45.1 Å². The maximum Gasteiger partial charge on any atom is 0.272 e. The standard InChI is InChI=1S/C19H25N5O4S/c1-4-29(26,27)23-15-8-14-10-24(17(25)16-7-5-6-12(2)20-16)11-19(14,9-15)18-21-13(3)22-28-18/h5-7,14-15,23H,4,8-11H2,1-3H3/t14?,15-,19+/m1/s1. The molecular weight excluding hydrogens is 394 g/mol. The number of sulfonamides is 1. The Kier molecular flexibility index (Phi) is 4.94. The van der Waals surface area contributed by atoms with Gasteiger partial charge < -0.3 is 9.42 Å². The van der Waals surface area contributed by atoms with Crippen LogP contribution in [-0.4, -0.2) is 59.2 Å². The summed E-state index contributed by atoms with van der Waals surface area (Å²) in [6.45, 7) is 6.12. The third-order valence-electron chi connectivity index (χ3n) is 5.95. The summed E-state index contributed by atoms with van der Waals surface area (Å²) in [4.78, 5) is 23.6. The molecule has 1 N–H and O–H groups in total. The van der Waals surface area contributed by atoms with E-state index in [0.29, 0.717) is 43.3 Å². The van der Waals surface area contributed by atoms with E-state index in [0.717, 1.165) is 5.69 Å². The van der Waals surface area contributed by atoms with Gasteiger partial charge in [-0.1, -0.05) is 11.2 Å². The number of carbonyl (C=O) groups excluding carboxylic acids is 1. The summed E-state index contributed by atoms with van der Waals surface area (Å²) in [5.74, 6) is 0.927. The third kappa shape index (κ3) is 3.66. The van der Waals surface area contributed by atoms with Gasteiger partial charge in [-0.2, -0.15) is 4.98 Å². The summed E-state index contributed by atoms with van der Waals surface area (Å²) in [6, 6.07) is 5.17. The summed E-state index contributed by atoms with van der Waals surface area (Å²) in [6.07, 6.45) is 1.13. The molecule has 156 valence electrons. The number of aromatic nitrogens is 3. The van der Waals surface area contributed by atoms with Crippen LogP contribution >= 0.6 is 0 Å². The van der Waals surface area contributed by atoms with E-state index in [-0.39, 0.29) is 23.6 Å². The number of hydrogen-bond donors (Lipinski definition) is 1. The van der Waals surface area contributed by atoms with Gasteiger partial charge in [0.2, 0.25) is 15.9 Å². The fraction of sp³-hybridized carbons (Fsp3) is 0.579. The lowest BCUT2D eigenvalue weighted by molar-refractivity contribution is 0.0767. The predicted octanol–water partition coefficient (Wildman–Crippen LogP) is 1.19. The quantitative estimate of drug-likeness (QED) is 0.773. The number of pyridine rings is 1. The van der Waals surface area contributed by atoms with Crippen LogP contribution in [0.15, 0.2) is 22.7 Å². The zero-order valence-electron chi connectivity index (χ0n) is 16.8. The first kappa shape index (κ1) is 20.0. The largest absolute Gasteiger partial charge is 0.339 e.